The van der Waals surface area contributed by atoms with Crippen molar-refractivity contribution in [1.82, 2.24) is 15.2 Å². The van der Waals surface area contributed by atoms with E-state index < -0.39 is 12.1 Å². The SMILES string of the molecule is COc1ccc(CN2C(=O)NC(CCC(=O)Nc3cnc4cc(OC)ccc4c3)C2=O)cc1. The lowest BCUT2D eigenvalue weighted by Crippen LogP contribution is -2.31. The number of fused-ring (bicyclic) bond motifs is 1. The Morgan fingerprint density at radius 3 is 2.52 bits per heavy atom. The summed E-state index contributed by atoms with van der Waals surface area (Å²) in [6.45, 7) is 0.158. The average molecular weight is 448 g/mol. The lowest BCUT2D eigenvalue weighted by atomic mass is 10.1. The minimum absolute atomic E-state index is 0.0771. The zero-order chi connectivity index (χ0) is 23.4. The van der Waals surface area contributed by atoms with Gasteiger partial charge in [0.25, 0.3) is 5.91 Å². The van der Waals surface area contributed by atoms with Crippen molar-refractivity contribution in [3.05, 3.63) is 60.3 Å². The van der Waals surface area contributed by atoms with Gasteiger partial charge in [0.05, 0.1) is 38.2 Å². The van der Waals surface area contributed by atoms with Crippen LogP contribution in [0.1, 0.15) is 18.4 Å². The first-order valence-electron chi connectivity index (χ1n) is 10.5. The van der Waals surface area contributed by atoms with Gasteiger partial charge in [-0.1, -0.05) is 12.1 Å². The van der Waals surface area contributed by atoms with Crippen LogP contribution < -0.4 is 20.1 Å². The van der Waals surface area contributed by atoms with Crippen LogP contribution in [0, 0.1) is 0 Å². The molecule has 0 spiro atoms. The number of nitrogens with one attached hydrogen (secondary N) is 2. The van der Waals surface area contributed by atoms with Crippen molar-refractivity contribution in [3.63, 3.8) is 0 Å². The third kappa shape index (κ3) is 5.03. The number of imide groups is 1. The smallest absolute Gasteiger partial charge is 0.325 e. The molecule has 0 radical (unpaired) electrons. The summed E-state index contributed by atoms with van der Waals surface area (Å²) in [5, 5.41) is 6.31. The highest BCUT2D eigenvalue weighted by Gasteiger charge is 2.37. The minimum Gasteiger partial charge on any atom is -0.497 e. The van der Waals surface area contributed by atoms with Crippen molar-refractivity contribution in [1.29, 1.82) is 0 Å². The van der Waals surface area contributed by atoms with Gasteiger partial charge < -0.3 is 20.1 Å². The molecular weight excluding hydrogens is 424 g/mol. The summed E-state index contributed by atoms with van der Waals surface area (Å²) in [5.41, 5.74) is 2.11. The molecule has 0 aliphatic carbocycles. The summed E-state index contributed by atoms with van der Waals surface area (Å²) in [6.07, 6.45) is 1.85. The number of anilines is 1. The quantitative estimate of drug-likeness (QED) is 0.513. The zero-order valence-electron chi connectivity index (χ0n) is 18.3. The van der Waals surface area contributed by atoms with Gasteiger partial charge in [-0.2, -0.15) is 0 Å². The number of hydrogen-bond donors (Lipinski definition) is 2. The van der Waals surface area contributed by atoms with E-state index in [0.29, 0.717) is 17.2 Å². The summed E-state index contributed by atoms with van der Waals surface area (Å²) in [6, 6.07) is 13.3. The van der Waals surface area contributed by atoms with Gasteiger partial charge in [-0.3, -0.25) is 19.5 Å². The molecule has 0 saturated carbocycles. The number of benzene rings is 2. The lowest BCUT2D eigenvalue weighted by molar-refractivity contribution is -0.128. The number of ether oxygens (including phenoxy) is 2. The second-order valence-corrected chi connectivity index (χ2v) is 7.64. The molecule has 33 heavy (non-hydrogen) atoms. The Kier molecular flexibility index (Phi) is 6.39. The Morgan fingerprint density at radius 2 is 1.79 bits per heavy atom. The largest absolute Gasteiger partial charge is 0.497 e. The number of urea groups is 1. The zero-order valence-corrected chi connectivity index (χ0v) is 18.3. The molecule has 1 saturated heterocycles. The van der Waals surface area contributed by atoms with Gasteiger partial charge in [-0.15, -0.1) is 0 Å². The predicted molar refractivity (Wildman–Crippen MR) is 122 cm³/mol. The summed E-state index contributed by atoms with van der Waals surface area (Å²) >= 11 is 0. The van der Waals surface area contributed by atoms with Gasteiger partial charge in [0.2, 0.25) is 5.91 Å². The normalized spacial score (nSPS) is 15.5. The topological polar surface area (TPSA) is 110 Å². The maximum atomic E-state index is 12.7. The molecule has 170 valence electrons. The van der Waals surface area contributed by atoms with Gasteiger partial charge in [0.1, 0.15) is 17.5 Å². The van der Waals surface area contributed by atoms with Crippen LogP contribution in [0.2, 0.25) is 0 Å². The molecule has 4 rings (SSSR count). The van der Waals surface area contributed by atoms with Crippen molar-refractivity contribution in [2.24, 2.45) is 0 Å². The van der Waals surface area contributed by atoms with Gasteiger partial charge in [-0.25, -0.2) is 4.79 Å². The molecule has 0 bridgehead atoms. The van der Waals surface area contributed by atoms with Crippen molar-refractivity contribution in [2.75, 3.05) is 19.5 Å². The van der Waals surface area contributed by atoms with Gasteiger partial charge in [-0.05, 0) is 42.3 Å². The van der Waals surface area contributed by atoms with E-state index in [1.807, 2.05) is 24.3 Å². The lowest BCUT2D eigenvalue weighted by Gasteiger charge is -2.13. The number of carbonyl (C=O) groups excluding carboxylic acids is 3. The fourth-order valence-corrected chi connectivity index (χ4v) is 3.63. The van der Waals surface area contributed by atoms with Crippen LogP contribution in [0.25, 0.3) is 10.9 Å². The number of aromatic nitrogens is 1. The number of amides is 4. The highest BCUT2D eigenvalue weighted by atomic mass is 16.5. The average Bonchev–Trinajstić information content (AvgIpc) is 3.10. The first-order chi connectivity index (χ1) is 16.0. The van der Waals surface area contributed by atoms with E-state index in [1.54, 1.807) is 44.7 Å². The Bertz CT molecular complexity index is 1200. The Hall–Kier alpha value is -4.14. The fraction of sp³-hybridized carbons (Fsp3) is 0.250. The van der Waals surface area contributed by atoms with E-state index >= 15 is 0 Å². The fourth-order valence-electron chi connectivity index (χ4n) is 3.63. The molecule has 2 heterocycles. The van der Waals surface area contributed by atoms with Gasteiger partial charge in [0.15, 0.2) is 0 Å². The van der Waals surface area contributed by atoms with Crippen LogP contribution in [-0.4, -0.2) is 48.0 Å². The third-order valence-electron chi connectivity index (χ3n) is 5.44. The van der Waals surface area contributed by atoms with E-state index in [2.05, 4.69) is 15.6 Å². The van der Waals surface area contributed by atoms with Gasteiger partial charge >= 0.3 is 6.03 Å². The minimum atomic E-state index is -0.733. The van der Waals surface area contributed by atoms with E-state index in [4.69, 9.17) is 9.47 Å². The monoisotopic (exact) mass is 448 g/mol. The number of carbonyl (C=O) groups is 3. The molecular formula is C24H24N4O5. The van der Waals surface area contributed by atoms with Gasteiger partial charge in [0, 0.05) is 17.9 Å². The summed E-state index contributed by atoms with van der Waals surface area (Å²) in [4.78, 5) is 42.9. The summed E-state index contributed by atoms with van der Waals surface area (Å²) in [5.74, 6) is 0.794. The predicted octanol–water partition coefficient (Wildman–Crippen LogP) is 3.09. The summed E-state index contributed by atoms with van der Waals surface area (Å²) in [7, 11) is 3.16. The van der Waals surface area contributed by atoms with Crippen LogP contribution in [-0.2, 0) is 16.1 Å². The number of pyridine rings is 1. The van der Waals surface area contributed by atoms with Crippen LogP contribution >= 0.6 is 0 Å². The molecule has 9 heteroatoms. The number of rotatable bonds is 8. The molecule has 1 unspecified atom stereocenters. The van der Waals surface area contributed by atoms with E-state index in [9.17, 15) is 14.4 Å². The molecule has 3 aromatic rings. The number of nitrogens with zero attached hydrogens (tertiary/aromatic N) is 2. The second kappa shape index (κ2) is 9.56. The van der Waals surface area contributed by atoms with Crippen molar-refractivity contribution in [2.45, 2.75) is 25.4 Å². The second-order valence-electron chi connectivity index (χ2n) is 7.64. The molecule has 4 amide bonds. The Morgan fingerprint density at radius 1 is 1.06 bits per heavy atom. The van der Waals surface area contributed by atoms with E-state index in [1.165, 1.54) is 0 Å². The highest BCUT2D eigenvalue weighted by Crippen LogP contribution is 2.22. The Labute approximate surface area is 190 Å². The van der Waals surface area contributed by atoms with Crippen molar-refractivity contribution >= 4 is 34.4 Å². The maximum Gasteiger partial charge on any atom is 0.325 e. The first kappa shape index (κ1) is 22.1. The number of methoxy groups -OCH3 is 2. The molecule has 9 nitrogen and oxygen atoms in total. The van der Waals surface area contributed by atoms with Crippen molar-refractivity contribution < 1.29 is 23.9 Å². The maximum absolute atomic E-state index is 12.7. The molecule has 2 N–H and O–H groups in total. The molecule has 2 aromatic carbocycles. The molecule has 1 aromatic heterocycles. The summed E-state index contributed by atoms with van der Waals surface area (Å²) < 4.78 is 10.3. The van der Waals surface area contributed by atoms with E-state index in [-0.39, 0.29) is 31.2 Å². The van der Waals surface area contributed by atoms with Crippen molar-refractivity contribution in [3.8, 4) is 11.5 Å². The number of hydrogen-bond acceptors (Lipinski definition) is 6. The third-order valence-corrected chi connectivity index (χ3v) is 5.44. The van der Waals surface area contributed by atoms with Crippen LogP contribution in [0.5, 0.6) is 11.5 Å². The molecule has 1 aliphatic heterocycles. The van der Waals surface area contributed by atoms with Crippen LogP contribution in [0.15, 0.2) is 54.7 Å². The molecule has 1 atom stereocenters. The standard InChI is InChI=1S/C24H24N4O5/c1-32-18-6-3-15(4-7-18)14-28-23(30)20(27-24(28)31)9-10-22(29)26-17-11-16-5-8-19(33-2)12-21(16)25-13-17/h3-8,11-13,20H,9-10,14H2,1-2H3,(H,26,29)(H,27,31). The molecule has 1 fully saturated rings. The highest BCUT2D eigenvalue weighted by molar-refractivity contribution is 6.04. The molecule has 1 aliphatic rings. The first-order valence-corrected chi connectivity index (χ1v) is 10.5. The van der Waals surface area contributed by atoms with Crippen LogP contribution in [0.3, 0.4) is 0 Å². The Balaban J connectivity index is 1.32. The van der Waals surface area contributed by atoms with E-state index in [0.717, 1.165) is 21.4 Å². The van der Waals surface area contributed by atoms with Crippen LogP contribution in [0.4, 0.5) is 10.5 Å².